The number of benzene rings is 2. The molecule has 23 heavy (non-hydrogen) atoms. The quantitative estimate of drug-likeness (QED) is 0.877. The molecule has 0 spiro atoms. The van der Waals surface area contributed by atoms with Gasteiger partial charge in [0.1, 0.15) is 12.7 Å². The molecular formula is C17H14N2O4. The lowest BCUT2D eigenvalue weighted by atomic mass is 10.1. The molecule has 1 N–H and O–H groups in total. The average Bonchev–Trinajstić information content (AvgIpc) is 2.60. The van der Waals surface area contributed by atoms with Gasteiger partial charge in [-0.2, -0.15) is 5.26 Å². The molecule has 0 unspecified atom stereocenters. The van der Waals surface area contributed by atoms with E-state index in [1.807, 2.05) is 36.4 Å². The van der Waals surface area contributed by atoms with Gasteiger partial charge in [-0.05, 0) is 23.8 Å². The van der Waals surface area contributed by atoms with Crippen LogP contribution in [0.2, 0.25) is 0 Å². The van der Waals surface area contributed by atoms with Crippen molar-refractivity contribution in [2.75, 3.05) is 12.4 Å². The average molecular weight is 310 g/mol. The molecule has 2 aromatic rings. The molecule has 0 radical (unpaired) electrons. The Bertz CT molecular complexity index is 751. The molecule has 0 bridgehead atoms. The number of esters is 1. The van der Waals surface area contributed by atoms with Crippen molar-refractivity contribution in [3.05, 3.63) is 65.2 Å². The van der Waals surface area contributed by atoms with Crippen LogP contribution in [0.4, 0.5) is 10.5 Å². The molecule has 0 aliphatic heterocycles. The molecule has 6 nitrogen and oxygen atoms in total. The first-order valence-corrected chi connectivity index (χ1v) is 6.74. The highest BCUT2D eigenvalue weighted by molar-refractivity contribution is 5.94. The van der Waals surface area contributed by atoms with Crippen LogP contribution >= 0.6 is 0 Å². The number of hydrogen-bond acceptors (Lipinski definition) is 5. The van der Waals surface area contributed by atoms with Gasteiger partial charge in [0.15, 0.2) is 0 Å². The van der Waals surface area contributed by atoms with Crippen molar-refractivity contribution in [1.29, 1.82) is 5.26 Å². The van der Waals surface area contributed by atoms with Crippen LogP contribution in [-0.2, 0) is 16.1 Å². The van der Waals surface area contributed by atoms with Crippen molar-refractivity contribution in [1.82, 2.24) is 0 Å². The molecule has 6 heteroatoms. The zero-order valence-electron chi connectivity index (χ0n) is 12.4. The summed E-state index contributed by atoms with van der Waals surface area (Å²) in [7, 11) is 1.22. The Balaban J connectivity index is 2.03. The molecular weight excluding hydrogens is 296 g/mol. The largest absolute Gasteiger partial charge is 0.465 e. The van der Waals surface area contributed by atoms with E-state index in [0.717, 1.165) is 5.56 Å². The normalized spacial score (nSPS) is 9.57. The highest BCUT2D eigenvalue weighted by Crippen LogP contribution is 2.17. The van der Waals surface area contributed by atoms with Crippen LogP contribution in [0.3, 0.4) is 0 Å². The van der Waals surface area contributed by atoms with Gasteiger partial charge in [-0.25, -0.2) is 9.59 Å². The first kappa shape index (κ1) is 16.0. The number of carbonyl (C=O) groups is 2. The third-order valence-electron chi connectivity index (χ3n) is 3.00. The second kappa shape index (κ2) is 7.61. The number of nitrogens with zero attached hydrogens (tertiary/aromatic N) is 1. The van der Waals surface area contributed by atoms with Crippen molar-refractivity contribution in [3.8, 4) is 6.07 Å². The minimum absolute atomic E-state index is 0.0795. The second-order valence-corrected chi connectivity index (χ2v) is 4.55. The summed E-state index contributed by atoms with van der Waals surface area (Å²) in [6, 6.07) is 15.4. The van der Waals surface area contributed by atoms with Gasteiger partial charge in [0, 0.05) is 5.69 Å². The number of nitrogens with one attached hydrogen (secondary N) is 1. The number of rotatable bonds is 4. The monoisotopic (exact) mass is 310 g/mol. The van der Waals surface area contributed by atoms with Gasteiger partial charge in [-0.1, -0.05) is 30.3 Å². The maximum absolute atomic E-state index is 11.8. The molecule has 0 saturated heterocycles. The topological polar surface area (TPSA) is 88.4 Å². The lowest BCUT2D eigenvalue weighted by Gasteiger charge is -2.09. The Labute approximate surface area is 133 Å². The third-order valence-corrected chi connectivity index (χ3v) is 3.00. The lowest BCUT2D eigenvalue weighted by Crippen LogP contribution is -2.14. The Morgan fingerprint density at radius 1 is 1.17 bits per heavy atom. The summed E-state index contributed by atoms with van der Waals surface area (Å²) >= 11 is 0. The highest BCUT2D eigenvalue weighted by atomic mass is 16.5. The van der Waals surface area contributed by atoms with Crippen molar-refractivity contribution in [3.63, 3.8) is 0 Å². The molecule has 0 saturated carbocycles. The molecule has 0 aliphatic carbocycles. The molecule has 116 valence electrons. The Kier molecular flexibility index (Phi) is 5.31. The van der Waals surface area contributed by atoms with Gasteiger partial charge in [-0.3, -0.25) is 5.32 Å². The fourth-order valence-electron chi connectivity index (χ4n) is 1.88. The van der Waals surface area contributed by atoms with E-state index in [4.69, 9.17) is 10.00 Å². The summed E-state index contributed by atoms with van der Waals surface area (Å²) < 4.78 is 9.69. The van der Waals surface area contributed by atoms with E-state index in [-0.39, 0.29) is 17.7 Å². The Morgan fingerprint density at radius 3 is 2.57 bits per heavy atom. The number of methoxy groups -OCH3 is 1. The molecule has 0 aliphatic rings. The summed E-state index contributed by atoms with van der Waals surface area (Å²) in [5.74, 6) is -0.650. The molecule has 0 heterocycles. The first-order valence-electron chi connectivity index (χ1n) is 6.74. The maximum Gasteiger partial charge on any atom is 0.411 e. The molecule has 2 rings (SSSR count). The molecule has 2 aromatic carbocycles. The van der Waals surface area contributed by atoms with E-state index in [9.17, 15) is 9.59 Å². The van der Waals surface area contributed by atoms with E-state index >= 15 is 0 Å². The predicted octanol–water partition coefficient (Wildman–Crippen LogP) is 3.09. The summed E-state index contributed by atoms with van der Waals surface area (Å²) in [6.45, 7) is 0.132. The number of hydrogen-bond donors (Lipinski definition) is 1. The van der Waals surface area contributed by atoms with Crippen molar-refractivity contribution >= 4 is 17.7 Å². The van der Waals surface area contributed by atoms with E-state index in [0.29, 0.717) is 5.69 Å². The number of nitriles is 1. The second-order valence-electron chi connectivity index (χ2n) is 4.55. The molecule has 0 atom stereocenters. The maximum atomic E-state index is 11.8. The van der Waals surface area contributed by atoms with Gasteiger partial charge < -0.3 is 9.47 Å². The lowest BCUT2D eigenvalue weighted by molar-refractivity contribution is 0.0600. The van der Waals surface area contributed by atoms with E-state index in [2.05, 4.69) is 10.1 Å². The van der Waals surface area contributed by atoms with Crippen LogP contribution in [0, 0.1) is 11.3 Å². The number of ether oxygens (including phenoxy) is 2. The van der Waals surface area contributed by atoms with Crippen molar-refractivity contribution < 1.29 is 19.1 Å². The minimum atomic E-state index is -0.658. The van der Waals surface area contributed by atoms with Gasteiger partial charge in [0.25, 0.3) is 0 Å². The van der Waals surface area contributed by atoms with Crippen LogP contribution in [0.25, 0.3) is 0 Å². The van der Waals surface area contributed by atoms with Crippen LogP contribution in [0.1, 0.15) is 21.5 Å². The summed E-state index contributed by atoms with van der Waals surface area (Å²) in [4.78, 5) is 23.4. The molecule has 0 aromatic heterocycles. The first-order chi connectivity index (χ1) is 11.1. The van der Waals surface area contributed by atoms with Crippen molar-refractivity contribution in [2.24, 2.45) is 0 Å². The van der Waals surface area contributed by atoms with Gasteiger partial charge in [0.05, 0.1) is 18.2 Å². The standard InChI is InChI=1S/C17H14N2O4/c1-22-16(20)15-9-14(8-7-13(15)10-18)19-17(21)23-11-12-5-3-2-4-6-12/h2-9H,11H2,1H3,(H,19,21). The van der Waals surface area contributed by atoms with Crippen LogP contribution in [0.15, 0.2) is 48.5 Å². The SMILES string of the molecule is COC(=O)c1cc(NC(=O)OCc2ccccc2)ccc1C#N. The fourth-order valence-corrected chi connectivity index (χ4v) is 1.88. The molecule has 1 amide bonds. The number of anilines is 1. The summed E-state index contributed by atoms with van der Waals surface area (Å²) in [5.41, 5.74) is 1.44. The zero-order valence-corrected chi connectivity index (χ0v) is 12.4. The number of amides is 1. The smallest absolute Gasteiger partial charge is 0.411 e. The Hall–Kier alpha value is -3.33. The number of carbonyl (C=O) groups excluding carboxylic acids is 2. The zero-order chi connectivity index (χ0) is 16.7. The van der Waals surface area contributed by atoms with Crippen molar-refractivity contribution in [2.45, 2.75) is 6.61 Å². The Morgan fingerprint density at radius 2 is 1.91 bits per heavy atom. The van der Waals surface area contributed by atoms with Gasteiger partial charge in [-0.15, -0.1) is 0 Å². The van der Waals surface area contributed by atoms with Crippen LogP contribution in [-0.4, -0.2) is 19.2 Å². The van der Waals surface area contributed by atoms with Gasteiger partial charge in [0.2, 0.25) is 0 Å². The fraction of sp³-hybridized carbons (Fsp3) is 0.118. The summed E-state index contributed by atoms with van der Waals surface area (Å²) in [5, 5.41) is 11.5. The highest BCUT2D eigenvalue weighted by Gasteiger charge is 2.14. The summed E-state index contributed by atoms with van der Waals surface area (Å²) in [6.07, 6.45) is -0.658. The van der Waals surface area contributed by atoms with E-state index in [1.54, 1.807) is 0 Å². The van der Waals surface area contributed by atoms with Gasteiger partial charge >= 0.3 is 12.1 Å². The van der Waals surface area contributed by atoms with Crippen LogP contribution in [0.5, 0.6) is 0 Å². The third kappa shape index (κ3) is 4.32. The van der Waals surface area contributed by atoms with E-state index < -0.39 is 12.1 Å². The van der Waals surface area contributed by atoms with Crippen LogP contribution < -0.4 is 5.32 Å². The van der Waals surface area contributed by atoms with E-state index in [1.165, 1.54) is 25.3 Å². The molecule has 0 fully saturated rings. The predicted molar refractivity (Wildman–Crippen MR) is 82.7 cm³/mol. The minimum Gasteiger partial charge on any atom is -0.465 e.